The van der Waals surface area contributed by atoms with Crippen molar-refractivity contribution >= 4 is 39.3 Å². The van der Waals surface area contributed by atoms with Crippen molar-refractivity contribution in [1.82, 2.24) is 9.80 Å². The Bertz CT molecular complexity index is 1040. The summed E-state index contributed by atoms with van der Waals surface area (Å²) in [4.78, 5) is 17.4. The molecule has 1 saturated heterocycles. The van der Waals surface area contributed by atoms with Gasteiger partial charge >= 0.3 is 0 Å². The molecule has 0 saturated carbocycles. The second-order valence-electron chi connectivity index (χ2n) is 7.90. The van der Waals surface area contributed by atoms with Crippen molar-refractivity contribution in [2.75, 3.05) is 43.3 Å². The van der Waals surface area contributed by atoms with Gasteiger partial charge in [-0.2, -0.15) is 0 Å². The van der Waals surface area contributed by atoms with Crippen molar-refractivity contribution in [2.24, 2.45) is 0 Å². The van der Waals surface area contributed by atoms with Crippen molar-refractivity contribution in [2.45, 2.75) is 19.4 Å². The normalized spacial score (nSPS) is 16.3. The summed E-state index contributed by atoms with van der Waals surface area (Å²) in [6, 6.07) is 16.0. The van der Waals surface area contributed by atoms with E-state index in [1.807, 2.05) is 25.1 Å². The quantitative estimate of drug-likeness (QED) is 0.583. The molecular weight excluding hydrogens is 446 g/mol. The number of anilines is 1. The van der Waals surface area contributed by atoms with E-state index >= 15 is 0 Å². The smallest absolute Gasteiger partial charge is 0.246 e. The minimum absolute atomic E-state index is 0.169. The first-order valence-electron chi connectivity index (χ1n) is 10.8. The number of hydrogen-bond donors (Lipinski definition) is 0. The van der Waals surface area contributed by atoms with Gasteiger partial charge in [0.25, 0.3) is 0 Å². The molecular formula is C24H30ClN3O3S. The van der Waals surface area contributed by atoms with Crippen molar-refractivity contribution in [3.05, 3.63) is 71.3 Å². The molecule has 2 aromatic carbocycles. The SMILES string of the molecule is CC[C@@H](C(=O)N1CCN(C/C=C/c2ccccc2)CC1)N(c1cccc(Cl)c1)S(C)(=O)=O. The maximum Gasteiger partial charge on any atom is 0.246 e. The van der Waals surface area contributed by atoms with Crippen LogP contribution in [0.15, 0.2) is 60.7 Å². The number of carbonyl (C=O) groups is 1. The predicted octanol–water partition coefficient (Wildman–Crippen LogP) is 3.74. The Morgan fingerprint density at radius 2 is 1.78 bits per heavy atom. The van der Waals surface area contributed by atoms with E-state index in [0.717, 1.165) is 31.5 Å². The summed E-state index contributed by atoms with van der Waals surface area (Å²) < 4.78 is 26.4. The zero-order chi connectivity index (χ0) is 23.1. The number of piperazine rings is 1. The van der Waals surface area contributed by atoms with Crippen LogP contribution in [0.3, 0.4) is 0 Å². The highest BCUT2D eigenvalue weighted by molar-refractivity contribution is 7.92. The average Bonchev–Trinajstić information content (AvgIpc) is 2.77. The molecule has 8 heteroatoms. The number of nitrogens with zero attached hydrogens (tertiary/aromatic N) is 3. The molecule has 3 rings (SSSR count). The largest absolute Gasteiger partial charge is 0.338 e. The van der Waals surface area contributed by atoms with Gasteiger partial charge < -0.3 is 4.90 Å². The third-order valence-corrected chi connectivity index (χ3v) is 6.95. The van der Waals surface area contributed by atoms with Gasteiger partial charge in [-0.1, -0.05) is 67.1 Å². The lowest BCUT2D eigenvalue weighted by molar-refractivity contribution is -0.134. The standard InChI is InChI=1S/C24H30ClN3O3S/c1-3-23(28(32(2,30)31)22-13-7-12-21(25)19-22)24(29)27-17-15-26(16-18-27)14-8-11-20-9-5-4-6-10-20/h4-13,19,23H,3,14-18H2,1-2H3/b11-8+/t23-/m0/s1. The van der Waals surface area contributed by atoms with Gasteiger partial charge in [0, 0.05) is 37.7 Å². The molecule has 1 fully saturated rings. The van der Waals surface area contributed by atoms with Crippen LogP contribution in [0.2, 0.25) is 5.02 Å². The molecule has 1 atom stereocenters. The van der Waals surface area contributed by atoms with E-state index < -0.39 is 16.1 Å². The topological polar surface area (TPSA) is 60.9 Å². The molecule has 0 N–H and O–H groups in total. The maximum absolute atomic E-state index is 13.3. The van der Waals surface area contributed by atoms with Crippen molar-refractivity contribution in [1.29, 1.82) is 0 Å². The van der Waals surface area contributed by atoms with E-state index in [2.05, 4.69) is 29.2 Å². The van der Waals surface area contributed by atoms with Gasteiger partial charge in [-0.05, 0) is 30.2 Å². The first-order valence-corrected chi connectivity index (χ1v) is 13.0. The van der Waals surface area contributed by atoms with Gasteiger partial charge in [0.15, 0.2) is 0 Å². The Kier molecular flexibility index (Phi) is 8.34. The summed E-state index contributed by atoms with van der Waals surface area (Å²) >= 11 is 6.08. The molecule has 1 heterocycles. The van der Waals surface area contributed by atoms with Crippen LogP contribution in [0.1, 0.15) is 18.9 Å². The van der Waals surface area contributed by atoms with E-state index in [0.29, 0.717) is 30.2 Å². The zero-order valence-corrected chi connectivity index (χ0v) is 20.1. The molecule has 0 unspecified atom stereocenters. The minimum atomic E-state index is -3.67. The zero-order valence-electron chi connectivity index (χ0n) is 18.5. The van der Waals surface area contributed by atoms with Gasteiger partial charge in [0.05, 0.1) is 11.9 Å². The summed E-state index contributed by atoms with van der Waals surface area (Å²) in [6.07, 6.45) is 5.73. The second-order valence-corrected chi connectivity index (χ2v) is 10.2. The molecule has 0 radical (unpaired) electrons. The third-order valence-electron chi connectivity index (χ3n) is 5.53. The summed E-state index contributed by atoms with van der Waals surface area (Å²) in [5.41, 5.74) is 1.57. The maximum atomic E-state index is 13.3. The molecule has 6 nitrogen and oxygen atoms in total. The monoisotopic (exact) mass is 475 g/mol. The highest BCUT2D eigenvalue weighted by Gasteiger charge is 2.35. The molecule has 2 aromatic rings. The lowest BCUT2D eigenvalue weighted by Crippen LogP contribution is -2.55. The Balaban J connectivity index is 1.64. The molecule has 0 aromatic heterocycles. The number of rotatable bonds is 8. The molecule has 172 valence electrons. The summed E-state index contributed by atoms with van der Waals surface area (Å²) in [5.74, 6) is -0.169. The molecule has 0 bridgehead atoms. The summed E-state index contributed by atoms with van der Waals surface area (Å²) in [6.45, 7) is 5.28. The van der Waals surface area contributed by atoms with E-state index in [-0.39, 0.29) is 5.91 Å². The lowest BCUT2D eigenvalue weighted by atomic mass is 10.1. The fourth-order valence-electron chi connectivity index (χ4n) is 3.92. The van der Waals surface area contributed by atoms with Gasteiger partial charge in [-0.15, -0.1) is 0 Å². The van der Waals surface area contributed by atoms with Crippen molar-refractivity contribution in [3.8, 4) is 0 Å². The number of halogens is 1. The van der Waals surface area contributed by atoms with Crippen LogP contribution in [0, 0.1) is 0 Å². The molecule has 1 aliphatic rings. The first kappa shape index (κ1) is 24.3. The number of carbonyl (C=O) groups excluding carboxylic acids is 1. The van der Waals surface area contributed by atoms with E-state index in [4.69, 9.17) is 11.6 Å². The van der Waals surface area contributed by atoms with E-state index in [9.17, 15) is 13.2 Å². The molecule has 1 amide bonds. The number of sulfonamides is 1. The Morgan fingerprint density at radius 3 is 2.38 bits per heavy atom. The lowest BCUT2D eigenvalue weighted by Gasteiger charge is -2.38. The highest BCUT2D eigenvalue weighted by Crippen LogP contribution is 2.26. The fourth-order valence-corrected chi connectivity index (χ4v) is 5.30. The number of benzene rings is 2. The molecule has 32 heavy (non-hydrogen) atoms. The van der Waals surface area contributed by atoms with Gasteiger partial charge in [0.2, 0.25) is 15.9 Å². The van der Waals surface area contributed by atoms with Crippen LogP contribution in [-0.4, -0.2) is 69.1 Å². The first-order chi connectivity index (χ1) is 15.3. The van der Waals surface area contributed by atoms with Crippen LogP contribution in [-0.2, 0) is 14.8 Å². The molecule has 0 spiro atoms. The van der Waals surface area contributed by atoms with Crippen LogP contribution < -0.4 is 4.31 Å². The number of amides is 1. The summed E-state index contributed by atoms with van der Waals surface area (Å²) in [5, 5.41) is 0.427. The van der Waals surface area contributed by atoms with Crippen LogP contribution in [0.4, 0.5) is 5.69 Å². The van der Waals surface area contributed by atoms with Crippen LogP contribution in [0.25, 0.3) is 6.08 Å². The van der Waals surface area contributed by atoms with Gasteiger partial charge in [-0.25, -0.2) is 8.42 Å². The Morgan fingerprint density at radius 1 is 1.09 bits per heavy atom. The van der Waals surface area contributed by atoms with Crippen LogP contribution >= 0.6 is 11.6 Å². The fraction of sp³-hybridized carbons (Fsp3) is 0.375. The minimum Gasteiger partial charge on any atom is -0.338 e. The Hall–Kier alpha value is -2.35. The molecule has 0 aliphatic carbocycles. The average molecular weight is 476 g/mol. The van der Waals surface area contributed by atoms with Gasteiger partial charge in [-0.3, -0.25) is 14.0 Å². The number of hydrogen-bond acceptors (Lipinski definition) is 4. The van der Waals surface area contributed by atoms with E-state index in [1.54, 1.807) is 29.2 Å². The Labute approximate surface area is 196 Å². The predicted molar refractivity (Wildman–Crippen MR) is 131 cm³/mol. The van der Waals surface area contributed by atoms with Crippen molar-refractivity contribution in [3.63, 3.8) is 0 Å². The summed E-state index contributed by atoms with van der Waals surface area (Å²) in [7, 11) is -3.67. The molecule has 1 aliphatic heterocycles. The van der Waals surface area contributed by atoms with Crippen molar-refractivity contribution < 1.29 is 13.2 Å². The second kappa shape index (κ2) is 11.0. The third kappa shape index (κ3) is 6.34. The van der Waals surface area contributed by atoms with Crippen LogP contribution in [0.5, 0.6) is 0 Å². The highest BCUT2D eigenvalue weighted by atomic mass is 35.5. The van der Waals surface area contributed by atoms with Gasteiger partial charge in [0.1, 0.15) is 6.04 Å². The van der Waals surface area contributed by atoms with E-state index in [1.165, 1.54) is 4.31 Å².